The molecule has 0 spiro atoms. The van der Waals surface area contributed by atoms with Crippen LogP contribution in [0.25, 0.3) is 0 Å². The molecule has 1 aliphatic rings. The van der Waals surface area contributed by atoms with Crippen molar-refractivity contribution < 1.29 is 9.53 Å². The minimum atomic E-state index is 0.0176. The zero-order chi connectivity index (χ0) is 14.3. The molecule has 112 valence electrons. The Morgan fingerprint density at radius 2 is 2.11 bits per heavy atom. The lowest BCUT2D eigenvalue weighted by Gasteiger charge is -2.23. The minimum absolute atomic E-state index is 0.0176. The second-order valence-electron chi connectivity index (χ2n) is 5.57. The van der Waals surface area contributed by atoms with Crippen LogP contribution in [0.1, 0.15) is 52.9 Å². The molecule has 0 aromatic rings. The molecule has 1 amide bonds. The molecule has 1 rings (SSSR count). The van der Waals surface area contributed by atoms with Crippen molar-refractivity contribution in [1.82, 2.24) is 10.2 Å². The van der Waals surface area contributed by atoms with Gasteiger partial charge in [0.25, 0.3) is 0 Å². The summed E-state index contributed by atoms with van der Waals surface area (Å²) < 4.78 is 5.07. The van der Waals surface area contributed by atoms with Gasteiger partial charge in [-0.15, -0.1) is 0 Å². The van der Waals surface area contributed by atoms with Crippen LogP contribution in [0, 0.1) is 5.92 Å². The number of nitrogens with zero attached hydrogens (tertiary/aromatic N) is 1. The van der Waals surface area contributed by atoms with Crippen LogP contribution in [0.2, 0.25) is 0 Å². The number of nitrogens with one attached hydrogen (secondary N) is 1. The first-order chi connectivity index (χ1) is 9.15. The summed E-state index contributed by atoms with van der Waals surface area (Å²) in [7, 11) is 1.72. The van der Waals surface area contributed by atoms with Gasteiger partial charge in [0.15, 0.2) is 0 Å². The SMILES string of the molecule is CCCC1NC(C(C)CC)C(=O)N1CCCCOC. The number of methoxy groups -OCH3 is 1. The fraction of sp³-hybridized carbons (Fsp3) is 0.933. The van der Waals surface area contributed by atoms with Crippen LogP contribution in [-0.2, 0) is 9.53 Å². The average Bonchev–Trinajstić information content (AvgIpc) is 2.72. The molecule has 1 saturated heterocycles. The second kappa shape index (κ2) is 8.54. The predicted octanol–water partition coefficient (Wildman–Crippen LogP) is 2.39. The molecule has 1 aliphatic heterocycles. The molecule has 4 nitrogen and oxygen atoms in total. The van der Waals surface area contributed by atoms with E-state index in [1.807, 2.05) is 0 Å². The van der Waals surface area contributed by atoms with Crippen LogP contribution in [0.15, 0.2) is 0 Å². The molecule has 0 saturated carbocycles. The summed E-state index contributed by atoms with van der Waals surface area (Å²) >= 11 is 0. The molecule has 0 radical (unpaired) electrons. The summed E-state index contributed by atoms with van der Waals surface area (Å²) in [5.74, 6) is 0.709. The van der Waals surface area contributed by atoms with Crippen LogP contribution in [0.5, 0.6) is 0 Å². The lowest BCUT2D eigenvalue weighted by Crippen LogP contribution is -2.38. The number of hydrogen-bond acceptors (Lipinski definition) is 3. The smallest absolute Gasteiger partial charge is 0.241 e. The number of hydrogen-bond donors (Lipinski definition) is 1. The molecule has 0 aliphatic carbocycles. The molecule has 1 N–H and O–H groups in total. The van der Waals surface area contributed by atoms with Crippen LogP contribution in [0.4, 0.5) is 0 Å². The van der Waals surface area contributed by atoms with Gasteiger partial charge in [-0.2, -0.15) is 0 Å². The summed E-state index contributed by atoms with van der Waals surface area (Å²) in [5.41, 5.74) is 0. The normalized spacial score (nSPS) is 25.1. The van der Waals surface area contributed by atoms with Gasteiger partial charge in [0.05, 0.1) is 12.2 Å². The Balaban J connectivity index is 2.55. The first kappa shape index (κ1) is 16.4. The zero-order valence-corrected chi connectivity index (χ0v) is 12.9. The first-order valence-electron chi connectivity index (χ1n) is 7.71. The molecule has 0 aromatic carbocycles. The van der Waals surface area contributed by atoms with Crippen molar-refractivity contribution in [3.63, 3.8) is 0 Å². The van der Waals surface area contributed by atoms with Crippen molar-refractivity contribution in [1.29, 1.82) is 0 Å². The van der Waals surface area contributed by atoms with E-state index in [0.717, 1.165) is 45.3 Å². The van der Waals surface area contributed by atoms with Gasteiger partial charge < -0.3 is 9.64 Å². The quantitative estimate of drug-likeness (QED) is 0.654. The first-order valence-corrected chi connectivity index (χ1v) is 7.71. The number of carbonyl (C=O) groups excluding carboxylic acids is 1. The van der Waals surface area contributed by atoms with Gasteiger partial charge in [-0.1, -0.05) is 33.6 Å². The maximum atomic E-state index is 12.5. The van der Waals surface area contributed by atoms with E-state index < -0.39 is 0 Å². The van der Waals surface area contributed by atoms with Gasteiger partial charge >= 0.3 is 0 Å². The van der Waals surface area contributed by atoms with Gasteiger partial charge in [-0.3, -0.25) is 10.1 Å². The predicted molar refractivity (Wildman–Crippen MR) is 77.9 cm³/mol. The Hall–Kier alpha value is -0.610. The molecule has 3 atom stereocenters. The van der Waals surface area contributed by atoms with Crippen molar-refractivity contribution >= 4 is 5.91 Å². The topological polar surface area (TPSA) is 41.6 Å². The van der Waals surface area contributed by atoms with Gasteiger partial charge in [0.2, 0.25) is 5.91 Å². The molecule has 4 heteroatoms. The van der Waals surface area contributed by atoms with Crippen LogP contribution >= 0.6 is 0 Å². The Kier molecular flexibility index (Phi) is 7.39. The van der Waals surface area contributed by atoms with Gasteiger partial charge in [0.1, 0.15) is 0 Å². The van der Waals surface area contributed by atoms with Crippen LogP contribution in [0.3, 0.4) is 0 Å². The highest BCUT2D eigenvalue weighted by atomic mass is 16.5. The van der Waals surface area contributed by atoms with E-state index in [-0.39, 0.29) is 12.2 Å². The van der Waals surface area contributed by atoms with E-state index in [1.54, 1.807) is 7.11 Å². The lowest BCUT2D eigenvalue weighted by atomic mass is 9.99. The Labute approximate surface area is 117 Å². The third-order valence-corrected chi connectivity index (χ3v) is 4.07. The highest BCUT2D eigenvalue weighted by Crippen LogP contribution is 2.22. The van der Waals surface area contributed by atoms with Crippen molar-refractivity contribution in [3.8, 4) is 0 Å². The van der Waals surface area contributed by atoms with Gasteiger partial charge in [-0.05, 0) is 25.2 Å². The van der Waals surface area contributed by atoms with E-state index in [4.69, 9.17) is 4.74 Å². The Morgan fingerprint density at radius 3 is 2.68 bits per heavy atom. The number of carbonyl (C=O) groups is 1. The third-order valence-electron chi connectivity index (χ3n) is 4.07. The van der Waals surface area contributed by atoms with Crippen LogP contribution < -0.4 is 5.32 Å². The van der Waals surface area contributed by atoms with Gasteiger partial charge in [0, 0.05) is 20.3 Å². The Morgan fingerprint density at radius 1 is 1.37 bits per heavy atom. The number of ether oxygens (including phenoxy) is 1. The van der Waals surface area contributed by atoms with E-state index in [0.29, 0.717) is 11.8 Å². The summed E-state index contributed by atoms with van der Waals surface area (Å²) in [5, 5.41) is 3.53. The van der Waals surface area contributed by atoms with E-state index in [9.17, 15) is 4.79 Å². The summed E-state index contributed by atoms with van der Waals surface area (Å²) in [6.07, 6.45) is 5.47. The molecule has 0 bridgehead atoms. The zero-order valence-electron chi connectivity index (χ0n) is 12.9. The summed E-state index contributed by atoms with van der Waals surface area (Å²) in [6.45, 7) is 8.12. The minimum Gasteiger partial charge on any atom is -0.385 e. The molecule has 3 unspecified atom stereocenters. The van der Waals surface area contributed by atoms with E-state index >= 15 is 0 Å². The van der Waals surface area contributed by atoms with E-state index in [2.05, 4.69) is 31.0 Å². The maximum Gasteiger partial charge on any atom is 0.241 e. The number of unbranched alkanes of at least 4 members (excludes halogenated alkanes) is 1. The molecular weight excluding hydrogens is 240 g/mol. The highest BCUT2D eigenvalue weighted by Gasteiger charge is 2.39. The molecule has 19 heavy (non-hydrogen) atoms. The van der Waals surface area contributed by atoms with Crippen molar-refractivity contribution in [2.24, 2.45) is 5.92 Å². The third kappa shape index (κ3) is 4.46. The van der Waals surface area contributed by atoms with Crippen molar-refractivity contribution in [2.45, 2.75) is 65.1 Å². The lowest BCUT2D eigenvalue weighted by molar-refractivity contribution is -0.131. The summed E-state index contributed by atoms with van der Waals surface area (Å²) in [4.78, 5) is 14.5. The standard InChI is InChI=1S/C15H30N2O2/c1-5-9-13-16-14(12(3)6-2)15(18)17(13)10-7-8-11-19-4/h12-14,16H,5-11H2,1-4H3. The molecule has 1 heterocycles. The second-order valence-corrected chi connectivity index (χ2v) is 5.57. The van der Waals surface area contributed by atoms with Crippen molar-refractivity contribution in [3.05, 3.63) is 0 Å². The fourth-order valence-corrected chi connectivity index (χ4v) is 2.65. The average molecular weight is 270 g/mol. The fourth-order valence-electron chi connectivity index (χ4n) is 2.65. The molecule has 1 fully saturated rings. The number of amides is 1. The van der Waals surface area contributed by atoms with Gasteiger partial charge in [-0.25, -0.2) is 0 Å². The molecular formula is C15H30N2O2. The summed E-state index contributed by atoms with van der Waals surface area (Å²) in [6, 6.07) is 0.0176. The van der Waals surface area contributed by atoms with Crippen LogP contribution in [-0.4, -0.2) is 43.3 Å². The highest BCUT2D eigenvalue weighted by molar-refractivity contribution is 5.84. The van der Waals surface area contributed by atoms with E-state index in [1.165, 1.54) is 0 Å². The maximum absolute atomic E-state index is 12.5. The van der Waals surface area contributed by atoms with Crippen molar-refractivity contribution in [2.75, 3.05) is 20.3 Å². The Bertz CT molecular complexity index is 271. The number of rotatable bonds is 9. The molecule has 0 aromatic heterocycles. The largest absolute Gasteiger partial charge is 0.385 e. The monoisotopic (exact) mass is 270 g/mol.